The van der Waals surface area contributed by atoms with Gasteiger partial charge in [-0.25, -0.2) is 0 Å². The molecule has 0 aliphatic rings. The van der Waals surface area contributed by atoms with Crippen molar-refractivity contribution in [2.24, 2.45) is 0 Å². The van der Waals surface area contributed by atoms with Gasteiger partial charge in [-0.15, -0.1) is 0 Å². The Labute approximate surface area is 570 Å². The van der Waals surface area contributed by atoms with E-state index in [0.29, 0.717) is 19.4 Å². The van der Waals surface area contributed by atoms with E-state index in [1.165, 1.54) is 398 Å². The Morgan fingerprint density at radius 2 is 0.516 bits per heavy atom. The highest BCUT2D eigenvalue weighted by atomic mass is 16.5. The van der Waals surface area contributed by atoms with Crippen LogP contribution >= 0.6 is 0 Å². The number of allylic oxidation sites excluding steroid dienone is 5. The minimum absolute atomic E-state index is 0.0120. The second-order valence-corrected chi connectivity index (χ2v) is 28.8. The fourth-order valence-electron chi connectivity index (χ4n) is 13.3. The van der Waals surface area contributed by atoms with Crippen molar-refractivity contribution in [3.63, 3.8) is 0 Å². The van der Waals surface area contributed by atoms with Gasteiger partial charge >= 0.3 is 5.97 Å². The van der Waals surface area contributed by atoms with Crippen LogP contribution in [0, 0.1) is 0 Å². The van der Waals surface area contributed by atoms with Crippen LogP contribution in [0.2, 0.25) is 0 Å². The maximum absolute atomic E-state index is 12.6. The molecule has 0 radical (unpaired) electrons. The van der Waals surface area contributed by atoms with E-state index in [1.54, 1.807) is 6.08 Å². The molecule has 0 fully saturated rings. The van der Waals surface area contributed by atoms with Gasteiger partial charge in [0.15, 0.2) is 0 Å². The molecule has 6 nitrogen and oxygen atoms in total. The summed E-state index contributed by atoms with van der Waals surface area (Å²) in [4.78, 5) is 24.7. The Kier molecular flexibility index (Phi) is 78.8. The van der Waals surface area contributed by atoms with Crippen molar-refractivity contribution >= 4 is 11.9 Å². The van der Waals surface area contributed by atoms with E-state index in [0.717, 1.165) is 44.9 Å². The van der Waals surface area contributed by atoms with E-state index in [1.807, 2.05) is 6.08 Å². The average Bonchev–Trinajstić information content (AvgIpc) is 3.58. The van der Waals surface area contributed by atoms with Gasteiger partial charge in [-0.3, -0.25) is 9.59 Å². The Balaban J connectivity index is 3.37. The van der Waals surface area contributed by atoms with Crippen LogP contribution in [0.3, 0.4) is 0 Å². The fraction of sp³-hybridized carbons (Fsp3) is 0.906. The van der Waals surface area contributed by atoms with Gasteiger partial charge in [-0.2, -0.15) is 0 Å². The maximum atomic E-state index is 12.6. The molecule has 0 spiro atoms. The van der Waals surface area contributed by atoms with Crippen LogP contribution in [0.5, 0.6) is 0 Å². The van der Waals surface area contributed by atoms with Crippen molar-refractivity contribution < 1.29 is 24.5 Å². The van der Waals surface area contributed by atoms with E-state index in [-0.39, 0.29) is 18.5 Å². The van der Waals surface area contributed by atoms with Crippen LogP contribution in [0.15, 0.2) is 36.5 Å². The van der Waals surface area contributed by atoms with Gasteiger partial charge in [0.25, 0.3) is 0 Å². The number of ether oxygens (including phenoxy) is 1. The molecule has 0 bridgehead atoms. The highest BCUT2D eigenvalue weighted by molar-refractivity contribution is 5.76. The fourth-order valence-corrected chi connectivity index (χ4v) is 13.3. The SMILES string of the molecule is CCCCCCCCC/C=C\CCCCCCCC(=O)OCCCCCCCCCCCCCC/C=C\CCCCCCCCCCCCCCCCCCCC(=O)NC(CO)C(O)/C=C/CCCCCCCCCCCCCCCCCCCCCCCCC. The number of carbonyl (C=O) groups is 2. The molecule has 538 valence electrons. The number of nitrogens with one attached hydrogen (secondary N) is 1. The first-order valence-electron chi connectivity index (χ1n) is 41.8. The maximum Gasteiger partial charge on any atom is 0.305 e. The number of unbranched alkanes of at least 4 members (excludes halogenated alkanes) is 64. The number of esters is 1. The van der Waals surface area contributed by atoms with Crippen molar-refractivity contribution in [1.82, 2.24) is 5.32 Å². The summed E-state index contributed by atoms with van der Waals surface area (Å²) in [6.07, 6.45) is 106. The number of aliphatic hydroxyl groups is 2. The van der Waals surface area contributed by atoms with E-state index in [2.05, 4.69) is 43.5 Å². The average molecular weight is 1280 g/mol. The molecule has 0 rings (SSSR count). The van der Waals surface area contributed by atoms with Crippen LogP contribution in [-0.4, -0.2) is 47.4 Å². The van der Waals surface area contributed by atoms with E-state index in [4.69, 9.17) is 4.74 Å². The highest BCUT2D eigenvalue weighted by Gasteiger charge is 2.18. The molecule has 0 saturated heterocycles. The quantitative estimate of drug-likeness (QED) is 0.0320. The summed E-state index contributed by atoms with van der Waals surface area (Å²) in [6.45, 7) is 4.95. The molecule has 0 aliphatic heterocycles. The number of amides is 1. The van der Waals surface area contributed by atoms with E-state index >= 15 is 0 Å². The molecule has 0 aromatic heterocycles. The lowest BCUT2D eigenvalue weighted by Crippen LogP contribution is -2.45. The van der Waals surface area contributed by atoms with Crippen molar-refractivity contribution in [2.75, 3.05) is 13.2 Å². The molecule has 3 N–H and O–H groups in total. The normalized spacial score (nSPS) is 12.6. The van der Waals surface area contributed by atoms with Crippen LogP contribution in [0.25, 0.3) is 0 Å². The van der Waals surface area contributed by atoms with Gasteiger partial charge in [0.05, 0.1) is 25.4 Å². The van der Waals surface area contributed by atoms with Gasteiger partial charge < -0.3 is 20.3 Å². The molecular weight excluding hydrogens is 1110 g/mol. The molecule has 6 heteroatoms. The molecule has 0 aliphatic carbocycles. The number of rotatable bonds is 79. The van der Waals surface area contributed by atoms with Gasteiger partial charge in [-0.05, 0) is 83.5 Å². The van der Waals surface area contributed by atoms with Crippen molar-refractivity contribution in [2.45, 2.75) is 482 Å². The zero-order valence-corrected chi connectivity index (χ0v) is 61.9. The van der Waals surface area contributed by atoms with Crippen molar-refractivity contribution in [3.05, 3.63) is 36.5 Å². The first-order chi connectivity index (χ1) is 45.0. The predicted octanol–water partition coefficient (Wildman–Crippen LogP) is 27.8. The van der Waals surface area contributed by atoms with Gasteiger partial charge in [-0.1, -0.05) is 410 Å². The Morgan fingerprint density at radius 3 is 0.780 bits per heavy atom. The van der Waals surface area contributed by atoms with Gasteiger partial charge in [0.1, 0.15) is 0 Å². The van der Waals surface area contributed by atoms with E-state index in [9.17, 15) is 19.8 Å². The summed E-state index contributed by atoms with van der Waals surface area (Å²) in [5.41, 5.74) is 0. The van der Waals surface area contributed by atoms with Gasteiger partial charge in [0.2, 0.25) is 5.91 Å². The monoisotopic (exact) mass is 1280 g/mol. The van der Waals surface area contributed by atoms with Crippen molar-refractivity contribution in [3.8, 4) is 0 Å². The zero-order valence-electron chi connectivity index (χ0n) is 61.9. The second-order valence-electron chi connectivity index (χ2n) is 28.8. The Hall–Kier alpha value is -1.92. The summed E-state index contributed by atoms with van der Waals surface area (Å²) in [7, 11) is 0. The third kappa shape index (κ3) is 77.0. The second kappa shape index (κ2) is 80.5. The molecule has 0 heterocycles. The molecule has 2 atom stereocenters. The summed E-state index contributed by atoms with van der Waals surface area (Å²) >= 11 is 0. The summed E-state index contributed by atoms with van der Waals surface area (Å²) in [5.74, 6) is -0.0476. The lowest BCUT2D eigenvalue weighted by molar-refractivity contribution is -0.143. The zero-order chi connectivity index (χ0) is 65.6. The largest absolute Gasteiger partial charge is 0.466 e. The molecule has 91 heavy (non-hydrogen) atoms. The standard InChI is InChI=1S/C85H163NO5/c1-3-5-7-9-11-13-15-17-19-21-22-23-24-34-37-40-43-46-49-53-57-61-65-69-73-77-83(88)82(81-87)86-84(89)78-74-70-66-62-58-54-50-47-44-41-38-35-32-30-28-26-25-27-29-31-33-36-39-42-45-48-52-56-60-64-68-72-76-80-91-85(90)79-75-71-67-63-59-55-51-20-18-16-14-12-10-8-6-4-2/h20,29,31,51,73,77,82-83,87-88H,3-19,21-28,30,32-50,52-72,74-76,78-81H2,1-2H3,(H,86,89)/b31-29-,51-20-,77-73+. The smallest absolute Gasteiger partial charge is 0.305 e. The molecule has 0 aromatic carbocycles. The number of hydrogen-bond donors (Lipinski definition) is 3. The Bertz CT molecular complexity index is 1470. The number of carbonyl (C=O) groups excluding carboxylic acids is 2. The molecule has 0 saturated carbocycles. The highest BCUT2D eigenvalue weighted by Crippen LogP contribution is 2.20. The van der Waals surface area contributed by atoms with Crippen LogP contribution in [0.4, 0.5) is 0 Å². The van der Waals surface area contributed by atoms with E-state index < -0.39 is 12.1 Å². The van der Waals surface area contributed by atoms with Crippen molar-refractivity contribution in [1.29, 1.82) is 0 Å². The minimum Gasteiger partial charge on any atom is -0.466 e. The predicted molar refractivity (Wildman–Crippen MR) is 403 cm³/mol. The first-order valence-corrected chi connectivity index (χ1v) is 41.8. The third-order valence-corrected chi connectivity index (χ3v) is 19.6. The van der Waals surface area contributed by atoms with Crippen LogP contribution in [0.1, 0.15) is 470 Å². The third-order valence-electron chi connectivity index (χ3n) is 19.6. The lowest BCUT2D eigenvalue weighted by atomic mass is 10.0. The lowest BCUT2D eigenvalue weighted by Gasteiger charge is -2.20. The topological polar surface area (TPSA) is 95.9 Å². The van der Waals surface area contributed by atoms with Gasteiger partial charge in [0, 0.05) is 12.8 Å². The molecule has 1 amide bonds. The molecule has 2 unspecified atom stereocenters. The summed E-state index contributed by atoms with van der Waals surface area (Å²) in [6, 6.07) is -0.627. The number of aliphatic hydroxyl groups excluding tert-OH is 2. The van der Waals surface area contributed by atoms with Crippen LogP contribution in [-0.2, 0) is 14.3 Å². The minimum atomic E-state index is -0.844. The molecular formula is C85H163NO5. The first kappa shape index (κ1) is 89.1. The summed E-state index contributed by atoms with van der Waals surface area (Å²) < 4.78 is 5.50. The Morgan fingerprint density at radius 1 is 0.297 bits per heavy atom. The summed E-state index contributed by atoms with van der Waals surface area (Å²) in [5, 5.41) is 23.3. The number of hydrogen-bond acceptors (Lipinski definition) is 5. The molecule has 0 aromatic rings. The van der Waals surface area contributed by atoms with Crippen LogP contribution < -0.4 is 5.32 Å².